The number of H-pyrrole nitrogens is 1. The van der Waals surface area contributed by atoms with E-state index in [1.54, 1.807) is 12.1 Å². The van der Waals surface area contributed by atoms with Crippen molar-refractivity contribution in [3.05, 3.63) is 47.1 Å². The Kier molecular flexibility index (Phi) is 5.20. The molecule has 0 saturated carbocycles. The number of furan rings is 1. The van der Waals surface area contributed by atoms with E-state index in [0.29, 0.717) is 16.0 Å². The van der Waals surface area contributed by atoms with Gasteiger partial charge in [-0.25, -0.2) is 9.78 Å². The number of fused-ring (bicyclic) bond motifs is 1. The average molecular weight is 429 g/mol. The van der Waals surface area contributed by atoms with Crippen molar-refractivity contribution in [3.63, 3.8) is 0 Å². The number of carbonyl (C=O) groups is 3. The predicted molar refractivity (Wildman–Crippen MR) is 108 cm³/mol. The van der Waals surface area contributed by atoms with Gasteiger partial charge in [-0.2, -0.15) is 0 Å². The molecule has 148 valence electrons. The number of nitrogens with one attached hydrogen (secondary N) is 1. The van der Waals surface area contributed by atoms with Crippen molar-refractivity contribution in [2.45, 2.75) is 23.2 Å². The second kappa shape index (κ2) is 7.80. The van der Waals surface area contributed by atoms with Crippen LogP contribution in [0.15, 0.2) is 56.0 Å². The van der Waals surface area contributed by atoms with Gasteiger partial charge in [0.25, 0.3) is 11.1 Å². The molecule has 2 amide bonds. The molecule has 8 nitrogen and oxygen atoms in total. The van der Waals surface area contributed by atoms with Crippen LogP contribution in [0.2, 0.25) is 0 Å². The first-order valence-corrected chi connectivity index (χ1v) is 10.2. The van der Waals surface area contributed by atoms with Crippen LogP contribution >= 0.6 is 23.5 Å². The van der Waals surface area contributed by atoms with Crippen molar-refractivity contribution >= 4 is 57.7 Å². The van der Waals surface area contributed by atoms with Gasteiger partial charge in [-0.1, -0.05) is 12.1 Å². The quantitative estimate of drug-likeness (QED) is 0.481. The molecule has 0 bridgehead atoms. The number of hydrogen-bond donors (Lipinski definition) is 1. The predicted octanol–water partition coefficient (Wildman–Crippen LogP) is 3.90. The molecule has 1 aliphatic rings. The number of hydrogen-bond acceptors (Lipinski definition) is 8. The summed E-state index contributed by atoms with van der Waals surface area (Å²) in [5.41, 5.74) is 1.78. The molecule has 3 aromatic rings. The number of nitrogens with zero attached hydrogens (tertiary/aromatic N) is 2. The molecule has 1 aliphatic heterocycles. The minimum atomic E-state index is -0.991. The van der Waals surface area contributed by atoms with Gasteiger partial charge in [0.1, 0.15) is 11.8 Å². The largest absolute Gasteiger partial charge is 0.467 e. The summed E-state index contributed by atoms with van der Waals surface area (Å²) >= 11 is 2.07. The summed E-state index contributed by atoms with van der Waals surface area (Å²) in [6.45, 7) is 1.44. The van der Waals surface area contributed by atoms with Crippen molar-refractivity contribution < 1.29 is 23.5 Å². The number of imidazole rings is 1. The zero-order valence-electron chi connectivity index (χ0n) is 15.4. The molecule has 1 atom stereocenters. The first-order valence-electron chi connectivity index (χ1n) is 8.53. The standard InChI is InChI=1S/C19H15N3O5S2/c1-10(17(24)26-2)22-16(23)14(28-19(22)25)9-11-7-8-15(27-11)29-18-20-12-5-3-4-6-13(12)21-18/h3-10H,1-2H3,(H,20,21). The molecular formula is C19H15N3O5S2. The number of amides is 2. The third kappa shape index (κ3) is 3.81. The number of ether oxygens (including phenoxy) is 1. The number of methoxy groups -OCH3 is 1. The number of esters is 1. The zero-order chi connectivity index (χ0) is 20.5. The highest BCUT2D eigenvalue weighted by Crippen LogP contribution is 2.35. The van der Waals surface area contributed by atoms with Crippen molar-refractivity contribution in [1.82, 2.24) is 14.9 Å². The van der Waals surface area contributed by atoms with Gasteiger partial charge in [0, 0.05) is 6.08 Å². The Morgan fingerprint density at radius 2 is 2.10 bits per heavy atom. The SMILES string of the molecule is COC(=O)C(C)N1C(=O)SC(=Cc2ccc(Sc3nc4ccccc4[nH]3)o2)C1=O. The number of aromatic amines is 1. The van der Waals surface area contributed by atoms with E-state index in [9.17, 15) is 14.4 Å². The van der Waals surface area contributed by atoms with Crippen molar-refractivity contribution in [2.24, 2.45) is 0 Å². The number of aromatic nitrogens is 2. The fourth-order valence-corrected chi connectivity index (χ4v) is 4.42. The van der Waals surface area contributed by atoms with Crippen LogP contribution in [-0.2, 0) is 14.3 Å². The highest BCUT2D eigenvalue weighted by molar-refractivity contribution is 8.18. The van der Waals surface area contributed by atoms with Crippen LogP contribution in [-0.4, -0.2) is 45.1 Å². The topological polar surface area (TPSA) is 106 Å². The van der Waals surface area contributed by atoms with Crippen LogP contribution in [0.3, 0.4) is 0 Å². The Morgan fingerprint density at radius 1 is 1.31 bits per heavy atom. The Labute approximate surface area is 173 Å². The van der Waals surface area contributed by atoms with Gasteiger partial charge >= 0.3 is 5.97 Å². The molecule has 0 radical (unpaired) electrons. The molecule has 1 aromatic carbocycles. The third-order valence-corrected chi connectivity index (χ3v) is 5.88. The molecule has 0 spiro atoms. The Balaban J connectivity index is 1.51. The average Bonchev–Trinajstić information content (AvgIpc) is 3.39. The van der Waals surface area contributed by atoms with Crippen LogP contribution in [0.25, 0.3) is 17.1 Å². The van der Waals surface area contributed by atoms with Gasteiger partial charge in [-0.3, -0.25) is 14.5 Å². The smallest absolute Gasteiger partial charge is 0.328 e. The lowest BCUT2D eigenvalue weighted by atomic mass is 10.3. The number of thioether (sulfide) groups is 1. The monoisotopic (exact) mass is 429 g/mol. The highest BCUT2D eigenvalue weighted by Gasteiger charge is 2.41. The maximum Gasteiger partial charge on any atom is 0.328 e. The van der Waals surface area contributed by atoms with Crippen LogP contribution in [0.1, 0.15) is 12.7 Å². The van der Waals surface area contributed by atoms with Crippen molar-refractivity contribution in [1.29, 1.82) is 0 Å². The number of imide groups is 1. The maximum atomic E-state index is 12.5. The van der Waals surface area contributed by atoms with Gasteiger partial charge in [0.05, 0.1) is 23.0 Å². The lowest BCUT2D eigenvalue weighted by Gasteiger charge is -2.18. The van der Waals surface area contributed by atoms with Crippen LogP contribution in [0.5, 0.6) is 0 Å². The summed E-state index contributed by atoms with van der Waals surface area (Å²) in [4.78, 5) is 45.1. The third-order valence-electron chi connectivity index (χ3n) is 4.19. The van der Waals surface area contributed by atoms with Crippen molar-refractivity contribution in [2.75, 3.05) is 7.11 Å². The van der Waals surface area contributed by atoms with E-state index < -0.39 is 23.2 Å². The molecule has 10 heteroatoms. The summed E-state index contributed by atoms with van der Waals surface area (Å²) in [5.74, 6) is -0.795. The minimum Gasteiger partial charge on any atom is -0.467 e. The zero-order valence-corrected chi connectivity index (χ0v) is 17.0. The van der Waals surface area contributed by atoms with E-state index >= 15 is 0 Å². The van der Waals surface area contributed by atoms with E-state index in [0.717, 1.165) is 27.7 Å². The van der Waals surface area contributed by atoms with Gasteiger partial charge in [-0.15, -0.1) is 0 Å². The van der Waals surface area contributed by atoms with Crippen LogP contribution in [0, 0.1) is 0 Å². The minimum absolute atomic E-state index is 0.181. The fourth-order valence-electron chi connectivity index (χ4n) is 2.76. The normalized spacial score (nSPS) is 16.8. The molecule has 29 heavy (non-hydrogen) atoms. The number of benzene rings is 1. The Bertz CT molecular complexity index is 1120. The van der Waals surface area contributed by atoms with E-state index in [-0.39, 0.29) is 4.91 Å². The van der Waals surface area contributed by atoms with E-state index in [1.807, 2.05) is 24.3 Å². The number of para-hydroxylation sites is 2. The molecule has 1 unspecified atom stereocenters. The van der Waals surface area contributed by atoms with E-state index in [1.165, 1.54) is 31.9 Å². The van der Waals surface area contributed by atoms with E-state index in [2.05, 4.69) is 14.7 Å². The van der Waals surface area contributed by atoms with Gasteiger partial charge in [0.15, 0.2) is 10.2 Å². The Hall–Kier alpha value is -2.98. The fraction of sp³-hybridized carbons (Fsp3) is 0.158. The lowest BCUT2D eigenvalue weighted by Crippen LogP contribution is -2.42. The summed E-state index contributed by atoms with van der Waals surface area (Å²) < 4.78 is 10.3. The maximum absolute atomic E-state index is 12.5. The van der Waals surface area contributed by atoms with Gasteiger partial charge in [-0.05, 0) is 54.7 Å². The van der Waals surface area contributed by atoms with Crippen LogP contribution < -0.4 is 0 Å². The molecule has 0 aliphatic carbocycles. The molecule has 1 fully saturated rings. The first-order chi connectivity index (χ1) is 14.0. The molecule has 1 N–H and O–H groups in total. The van der Waals surface area contributed by atoms with Gasteiger partial charge in [0.2, 0.25) is 0 Å². The Morgan fingerprint density at radius 3 is 2.86 bits per heavy atom. The number of carbonyl (C=O) groups excluding carboxylic acids is 3. The second-order valence-electron chi connectivity index (χ2n) is 6.07. The summed E-state index contributed by atoms with van der Waals surface area (Å²) in [5, 5.41) is 0.736. The van der Waals surface area contributed by atoms with Crippen molar-refractivity contribution in [3.8, 4) is 0 Å². The molecule has 2 aromatic heterocycles. The van der Waals surface area contributed by atoms with Crippen LogP contribution in [0.4, 0.5) is 4.79 Å². The number of rotatable bonds is 5. The summed E-state index contributed by atoms with van der Waals surface area (Å²) in [6.07, 6.45) is 1.48. The highest BCUT2D eigenvalue weighted by atomic mass is 32.2. The second-order valence-corrected chi connectivity index (χ2v) is 8.06. The molecule has 3 heterocycles. The molecule has 1 saturated heterocycles. The summed E-state index contributed by atoms with van der Waals surface area (Å²) in [7, 11) is 1.21. The van der Waals surface area contributed by atoms with Gasteiger partial charge < -0.3 is 14.1 Å². The molecular weight excluding hydrogens is 414 g/mol. The lowest BCUT2D eigenvalue weighted by molar-refractivity contribution is -0.148. The van der Waals surface area contributed by atoms with E-state index in [4.69, 9.17) is 4.42 Å². The molecule has 4 rings (SSSR count). The summed E-state index contributed by atoms with van der Waals surface area (Å²) in [6, 6.07) is 10.1. The first kappa shape index (κ1) is 19.3.